The molecule has 0 rings (SSSR count). The number of carbonyl (C=O) groups excluding carboxylic acids is 1. The number of hydrogen-bond acceptors (Lipinski definition) is 2. The first-order chi connectivity index (χ1) is 4.63. The zero-order chi connectivity index (χ0) is 8.20. The number of rotatable bonds is 4. The fourth-order valence-electron chi connectivity index (χ4n) is 1.18. The van der Waals surface area contributed by atoms with E-state index in [4.69, 9.17) is 0 Å². The first kappa shape index (κ1) is 13.6. The Hall–Kier alpha value is 0.0674. The summed E-state index contributed by atoms with van der Waals surface area (Å²) in [6.07, 6.45) is 2.01. The minimum Gasteiger partial charge on any atom is -0.550 e. The van der Waals surface area contributed by atoms with E-state index in [9.17, 15) is 9.90 Å². The Morgan fingerprint density at radius 2 is 1.45 bits per heavy atom. The van der Waals surface area contributed by atoms with Crippen molar-refractivity contribution in [3.63, 3.8) is 0 Å². The topological polar surface area (TPSA) is 40.1 Å². The maximum absolute atomic E-state index is 10.6. The van der Waals surface area contributed by atoms with Gasteiger partial charge in [-0.2, -0.15) is 0 Å². The molecule has 0 N–H and O–H groups in total. The van der Waals surface area contributed by atoms with Crippen molar-refractivity contribution in [2.24, 2.45) is 5.41 Å². The van der Waals surface area contributed by atoms with E-state index in [0.29, 0.717) is 19.3 Å². The summed E-state index contributed by atoms with van der Waals surface area (Å²) in [6.45, 7) is 5.68. The van der Waals surface area contributed by atoms with Crippen LogP contribution in [0, 0.1) is 5.41 Å². The SMILES string of the molecule is CCC(CC)(CC)C(=O)[O-].[Li+]. The molecule has 0 aromatic rings. The van der Waals surface area contributed by atoms with Gasteiger partial charge in [-0.1, -0.05) is 20.8 Å². The third-order valence-electron chi connectivity index (χ3n) is 2.46. The van der Waals surface area contributed by atoms with E-state index in [1.54, 1.807) is 0 Å². The van der Waals surface area contributed by atoms with Gasteiger partial charge in [-0.25, -0.2) is 0 Å². The summed E-state index contributed by atoms with van der Waals surface area (Å²) >= 11 is 0. The van der Waals surface area contributed by atoms with Crippen LogP contribution >= 0.6 is 0 Å². The van der Waals surface area contributed by atoms with E-state index in [1.165, 1.54) is 0 Å². The van der Waals surface area contributed by atoms with E-state index in [1.807, 2.05) is 20.8 Å². The Bertz CT molecular complexity index is 111. The van der Waals surface area contributed by atoms with Gasteiger partial charge in [0.1, 0.15) is 0 Å². The molecule has 3 heteroatoms. The van der Waals surface area contributed by atoms with Crippen LogP contribution in [0.2, 0.25) is 0 Å². The van der Waals surface area contributed by atoms with Crippen LogP contribution in [-0.2, 0) is 4.79 Å². The molecule has 11 heavy (non-hydrogen) atoms. The van der Waals surface area contributed by atoms with Gasteiger partial charge < -0.3 is 9.90 Å². The summed E-state index contributed by atoms with van der Waals surface area (Å²) in [5.41, 5.74) is -0.569. The molecular weight excluding hydrogens is 135 g/mol. The molecule has 0 saturated heterocycles. The van der Waals surface area contributed by atoms with Gasteiger partial charge in [0.2, 0.25) is 0 Å². The Morgan fingerprint density at radius 3 is 1.45 bits per heavy atom. The van der Waals surface area contributed by atoms with Crippen molar-refractivity contribution < 1.29 is 28.8 Å². The Balaban J connectivity index is 0. The molecule has 2 nitrogen and oxygen atoms in total. The predicted octanol–water partition coefficient (Wildman–Crippen LogP) is -2.04. The van der Waals surface area contributed by atoms with E-state index >= 15 is 0 Å². The molecule has 0 bridgehead atoms. The first-order valence-corrected chi connectivity index (χ1v) is 3.84. The van der Waals surface area contributed by atoms with E-state index in [-0.39, 0.29) is 18.9 Å². The zero-order valence-electron chi connectivity index (χ0n) is 7.94. The summed E-state index contributed by atoms with van der Waals surface area (Å²) in [6, 6.07) is 0. The molecule has 60 valence electrons. The van der Waals surface area contributed by atoms with Gasteiger partial charge in [0.05, 0.1) is 0 Å². The van der Waals surface area contributed by atoms with E-state index < -0.39 is 11.4 Å². The fourth-order valence-corrected chi connectivity index (χ4v) is 1.18. The van der Waals surface area contributed by atoms with Gasteiger partial charge in [0.25, 0.3) is 0 Å². The van der Waals surface area contributed by atoms with Crippen LogP contribution in [0.5, 0.6) is 0 Å². The van der Waals surface area contributed by atoms with E-state index in [0.717, 1.165) is 0 Å². The van der Waals surface area contributed by atoms with Crippen LogP contribution in [0.3, 0.4) is 0 Å². The summed E-state index contributed by atoms with van der Waals surface area (Å²) in [5.74, 6) is -0.903. The van der Waals surface area contributed by atoms with Crippen molar-refractivity contribution in [1.29, 1.82) is 0 Å². The molecule has 0 radical (unpaired) electrons. The van der Waals surface area contributed by atoms with E-state index in [2.05, 4.69) is 0 Å². The maximum atomic E-state index is 10.6. The monoisotopic (exact) mass is 150 g/mol. The van der Waals surface area contributed by atoms with Crippen molar-refractivity contribution in [1.82, 2.24) is 0 Å². The number of aliphatic carboxylic acids is 1. The van der Waals surface area contributed by atoms with Crippen molar-refractivity contribution in [3.8, 4) is 0 Å². The van der Waals surface area contributed by atoms with Gasteiger partial charge >= 0.3 is 18.9 Å². The molecule has 0 saturated carbocycles. The second-order valence-corrected chi connectivity index (χ2v) is 2.63. The van der Waals surface area contributed by atoms with Crippen LogP contribution in [0.15, 0.2) is 0 Å². The summed E-state index contributed by atoms with van der Waals surface area (Å²) in [4.78, 5) is 10.6. The first-order valence-electron chi connectivity index (χ1n) is 3.84. The molecule has 0 spiro atoms. The van der Waals surface area contributed by atoms with Crippen LogP contribution < -0.4 is 24.0 Å². The Morgan fingerprint density at radius 1 is 1.18 bits per heavy atom. The number of carboxylic acid groups (broad SMARTS) is 1. The fraction of sp³-hybridized carbons (Fsp3) is 0.875. The molecule has 0 atom stereocenters. The minimum absolute atomic E-state index is 0. The van der Waals surface area contributed by atoms with Gasteiger partial charge in [-0.3, -0.25) is 0 Å². The van der Waals surface area contributed by atoms with Crippen molar-refractivity contribution >= 4 is 5.97 Å². The molecule has 0 unspecified atom stereocenters. The van der Waals surface area contributed by atoms with Crippen LogP contribution in [0.1, 0.15) is 40.0 Å². The molecular formula is C8H15LiO2. The standard InChI is InChI=1S/C8H16O2.Li/c1-4-8(5-2,6-3)7(9)10;/h4-6H2,1-3H3,(H,9,10);/q;+1/p-1. The van der Waals surface area contributed by atoms with Crippen LogP contribution in [0.4, 0.5) is 0 Å². The summed E-state index contributed by atoms with van der Waals surface area (Å²) < 4.78 is 0. The van der Waals surface area contributed by atoms with Gasteiger partial charge in [-0.05, 0) is 19.3 Å². The maximum Gasteiger partial charge on any atom is 1.00 e. The number of hydrogen-bond donors (Lipinski definition) is 0. The summed E-state index contributed by atoms with van der Waals surface area (Å²) in [5, 5.41) is 10.6. The average molecular weight is 150 g/mol. The van der Waals surface area contributed by atoms with Crippen molar-refractivity contribution in [2.45, 2.75) is 40.0 Å². The second-order valence-electron chi connectivity index (χ2n) is 2.63. The molecule has 0 amide bonds. The molecule has 0 fully saturated rings. The quantitative estimate of drug-likeness (QED) is 0.433. The third-order valence-corrected chi connectivity index (χ3v) is 2.46. The molecule has 0 aliphatic carbocycles. The molecule has 0 heterocycles. The van der Waals surface area contributed by atoms with Crippen LogP contribution in [-0.4, -0.2) is 5.97 Å². The zero-order valence-corrected chi connectivity index (χ0v) is 7.94. The van der Waals surface area contributed by atoms with Crippen molar-refractivity contribution in [3.05, 3.63) is 0 Å². The molecule has 0 aromatic heterocycles. The van der Waals surface area contributed by atoms with Crippen LogP contribution in [0.25, 0.3) is 0 Å². The third kappa shape index (κ3) is 2.89. The largest absolute Gasteiger partial charge is 1.00 e. The minimum atomic E-state index is -0.903. The Labute approximate surface area is 80.5 Å². The molecule has 0 aromatic carbocycles. The van der Waals surface area contributed by atoms with Gasteiger partial charge in [0.15, 0.2) is 0 Å². The van der Waals surface area contributed by atoms with Crippen molar-refractivity contribution in [2.75, 3.05) is 0 Å². The number of carboxylic acids is 1. The summed E-state index contributed by atoms with van der Waals surface area (Å²) in [7, 11) is 0. The second kappa shape index (κ2) is 5.68. The molecule has 0 aliphatic heterocycles. The predicted molar refractivity (Wildman–Crippen MR) is 38.3 cm³/mol. The Kier molecular flexibility index (Phi) is 7.05. The number of carbonyl (C=O) groups is 1. The smallest absolute Gasteiger partial charge is 0.550 e. The normalized spacial score (nSPS) is 10.5. The molecule has 0 aliphatic rings. The van der Waals surface area contributed by atoms with Gasteiger partial charge in [-0.15, -0.1) is 0 Å². The average Bonchev–Trinajstić information content (AvgIpc) is 1.92. The van der Waals surface area contributed by atoms with Gasteiger partial charge in [0, 0.05) is 11.4 Å².